The molecule has 0 bridgehead atoms. The number of carbonyl (C=O) groups is 2. The van der Waals surface area contributed by atoms with E-state index in [1.807, 2.05) is 6.07 Å². The Balaban J connectivity index is 1.74. The molecule has 39 heavy (non-hydrogen) atoms. The van der Waals surface area contributed by atoms with Crippen molar-refractivity contribution in [2.24, 2.45) is 5.92 Å². The molecule has 2 heterocycles. The molecular formula is C28H26F3N5O3. The molecule has 0 aromatic heterocycles. The third-order valence-corrected chi connectivity index (χ3v) is 6.88. The first-order valence-corrected chi connectivity index (χ1v) is 12.3. The van der Waals surface area contributed by atoms with Crippen LogP contribution in [0.3, 0.4) is 0 Å². The number of rotatable bonds is 6. The molecule has 11 heteroatoms. The van der Waals surface area contributed by atoms with Crippen LogP contribution in [-0.4, -0.2) is 56.1 Å². The summed E-state index contributed by atoms with van der Waals surface area (Å²) in [6.07, 6.45) is -4.64. The largest absolute Gasteiger partial charge is 0.416 e. The number of nitriles is 1. The second-order valence-electron chi connectivity index (χ2n) is 9.24. The van der Waals surface area contributed by atoms with Crippen LogP contribution in [0, 0.1) is 23.8 Å². The molecule has 1 N–H and O–H groups in total. The Kier molecular flexibility index (Phi) is 8.34. The van der Waals surface area contributed by atoms with Gasteiger partial charge in [0.15, 0.2) is 5.70 Å². The highest BCUT2D eigenvalue weighted by atomic mass is 19.4. The first-order valence-electron chi connectivity index (χ1n) is 12.3. The van der Waals surface area contributed by atoms with E-state index in [9.17, 15) is 28.0 Å². The maximum atomic E-state index is 13.9. The molecule has 2 aliphatic rings. The van der Waals surface area contributed by atoms with Crippen LogP contribution in [-0.2, 0) is 20.5 Å². The van der Waals surface area contributed by atoms with Gasteiger partial charge in [0.25, 0.3) is 0 Å². The summed E-state index contributed by atoms with van der Waals surface area (Å²) in [6, 6.07) is 12.5. The van der Waals surface area contributed by atoms with Crippen LogP contribution < -0.4 is 10.2 Å². The Bertz CT molecular complexity index is 1350. The van der Waals surface area contributed by atoms with E-state index in [0.29, 0.717) is 44.0 Å². The molecule has 2 aromatic rings. The van der Waals surface area contributed by atoms with Gasteiger partial charge in [-0.2, -0.15) is 18.4 Å². The number of allylic oxidation sites excluding steroid dienone is 2. The molecule has 2 aromatic carbocycles. The number of hydrogen-bond acceptors (Lipinski definition) is 5. The maximum absolute atomic E-state index is 13.9. The van der Waals surface area contributed by atoms with E-state index < -0.39 is 35.4 Å². The zero-order chi connectivity index (χ0) is 28.2. The van der Waals surface area contributed by atoms with E-state index in [1.54, 1.807) is 12.1 Å². The zero-order valence-corrected chi connectivity index (χ0v) is 21.2. The lowest BCUT2D eigenvalue weighted by Gasteiger charge is -2.38. The van der Waals surface area contributed by atoms with E-state index in [2.05, 4.69) is 15.1 Å². The molecule has 2 aliphatic heterocycles. The Labute approximate surface area is 224 Å². The summed E-state index contributed by atoms with van der Waals surface area (Å²) in [5.74, 6) is -3.76. The van der Waals surface area contributed by atoms with Crippen molar-refractivity contribution >= 4 is 17.5 Å². The lowest BCUT2D eigenvalue weighted by Crippen LogP contribution is -2.51. The van der Waals surface area contributed by atoms with Crippen LogP contribution >= 0.6 is 0 Å². The molecule has 1 fully saturated rings. The van der Waals surface area contributed by atoms with Gasteiger partial charge in [0.05, 0.1) is 37.0 Å². The maximum Gasteiger partial charge on any atom is 0.416 e. The number of amides is 2. The topological polar surface area (TPSA) is 90.0 Å². The number of nitrogens with one attached hydrogen (secondary N) is 1. The number of morpholine rings is 1. The Morgan fingerprint density at radius 2 is 1.90 bits per heavy atom. The third kappa shape index (κ3) is 5.95. The van der Waals surface area contributed by atoms with E-state index >= 15 is 0 Å². The summed E-state index contributed by atoms with van der Waals surface area (Å²) < 4.78 is 45.7. The van der Waals surface area contributed by atoms with Gasteiger partial charge in [0, 0.05) is 43.5 Å². The summed E-state index contributed by atoms with van der Waals surface area (Å²) in [5, 5.41) is 12.0. The third-order valence-electron chi connectivity index (χ3n) is 6.88. The van der Waals surface area contributed by atoms with Crippen LogP contribution in [0.15, 0.2) is 59.9 Å². The van der Waals surface area contributed by atoms with Crippen molar-refractivity contribution in [3.05, 3.63) is 88.0 Å². The van der Waals surface area contributed by atoms with Crippen molar-refractivity contribution in [2.75, 3.05) is 44.3 Å². The first-order chi connectivity index (χ1) is 18.7. The van der Waals surface area contributed by atoms with Crippen molar-refractivity contribution in [2.45, 2.75) is 19.0 Å². The van der Waals surface area contributed by atoms with Gasteiger partial charge in [0.2, 0.25) is 11.8 Å². The van der Waals surface area contributed by atoms with Gasteiger partial charge in [-0.15, -0.1) is 0 Å². The summed E-state index contributed by atoms with van der Waals surface area (Å²) >= 11 is 0. The first kappa shape index (κ1) is 27.8. The number of halogens is 3. The fourth-order valence-electron chi connectivity index (χ4n) is 4.89. The number of anilines is 1. The summed E-state index contributed by atoms with van der Waals surface area (Å²) in [6.45, 7) is 12.7. The highest BCUT2D eigenvalue weighted by molar-refractivity contribution is 6.11. The molecule has 202 valence electrons. The van der Waals surface area contributed by atoms with Gasteiger partial charge in [-0.3, -0.25) is 19.4 Å². The molecule has 0 aliphatic carbocycles. The van der Waals surface area contributed by atoms with Gasteiger partial charge < -0.3 is 10.1 Å². The van der Waals surface area contributed by atoms with Crippen LogP contribution in [0.4, 0.5) is 18.9 Å². The Hall–Kier alpha value is -4.19. The molecular weight excluding hydrogens is 511 g/mol. The van der Waals surface area contributed by atoms with Crippen molar-refractivity contribution < 1.29 is 27.5 Å². The molecule has 2 amide bonds. The van der Waals surface area contributed by atoms with Crippen LogP contribution in [0.5, 0.6) is 0 Å². The van der Waals surface area contributed by atoms with E-state index in [4.69, 9.17) is 11.3 Å². The minimum atomic E-state index is -4.64. The van der Waals surface area contributed by atoms with Crippen LogP contribution in [0.25, 0.3) is 4.85 Å². The Morgan fingerprint density at radius 1 is 1.21 bits per heavy atom. The minimum Gasteiger partial charge on any atom is -0.379 e. The Morgan fingerprint density at radius 3 is 2.51 bits per heavy atom. The molecule has 1 saturated heterocycles. The number of carbonyl (C=O) groups excluding carboxylic acids is 2. The molecule has 2 unspecified atom stereocenters. The highest BCUT2D eigenvalue weighted by Gasteiger charge is 2.47. The normalized spacial score (nSPS) is 20.4. The van der Waals surface area contributed by atoms with Gasteiger partial charge >= 0.3 is 6.18 Å². The fourth-order valence-corrected chi connectivity index (χ4v) is 4.89. The number of hydrogen-bond donors (Lipinski definition) is 1. The van der Waals surface area contributed by atoms with Crippen LogP contribution in [0.1, 0.15) is 29.5 Å². The van der Waals surface area contributed by atoms with E-state index in [0.717, 1.165) is 17.0 Å². The molecule has 2 atom stereocenters. The smallest absolute Gasteiger partial charge is 0.379 e. The second-order valence-corrected chi connectivity index (χ2v) is 9.24. The monoisotopic (exact) mass is 537 g/mol. The lowest BCUT2D eigenvalue weighted by atomic mass is 9.78. The molecule has 8 nitrogen and oxygen atoms in total. The van der Waals surface area contributed by atoms with E-state index in [1.165, 1.54) is 31.2 Å². The predicted octanol–water partition coefficient (Wildman–Crippen LogP) is 3.92. The molecule has 0 radical (unpaired) electrons. The standard InChI is InChI=1S/C28H26F3N5O3/c1-18-25(33-2)23(20-8-6-19(17-32)7-9-20)24(26(37)34-10-11-35-12-14-39-15-13-35)27(38)36(18)22-5-3-4-21(16-22)28(29,30)31/h3-9,16,23-24H,10-15H2,1H3,(H,34,37). The number of alkyl halides is 3. The highest BCUT2D eigenvalue weighted by Crippen LogP contribution is 2.43. The SMILES string of the molecule is [C-]#[N+]C1=C(C)N(c2cccc(C(F)(F)F)c2)C(=O)C(C(=O)NCCN2CCOCC2)C1c1ccc(C#N)cc1. The second kappa shape index (κ2) is 11.7. The number of benzene rings is 2. The summed E-state index contributed by atoms with van der Waals surface area (Å²) in [4.78, 5) is 34.3. The lowest BCUT2D eigenvalue weighted by molar-refractivity contribution is -0.138. The minimum absolute atomic E-state index is 0.0602. The fraction of sp³-hybridized carbons (Fsp3) is 0.357. The zero-order valence-electron chi connectivity index (χ0n) is 21.2. The van der Waals surface area contributed by atoms with E-state index in [-0.39, 0.29) is 23.6 Å². The van der Waals surface area contributed by atoms with Gasteiger partial charge in [-0.25, -0.2) is 4.85 Å². The van der Waals surface area contributed by atoms with Crippen molar-refractivity contribution in [1.82, 2.24) is 10.2 Å². The van der Waals surface area contributed by atoms with Gasteiger partial charge in [-0.1, -0.05) is 18.2 Å². The van der Waals surface area contributed by atoms with Crippen molar-refractivity contribution in [3.63, 3.8) is 0 Å². The average Bonchev–Trinajstić information content (AvgIpc) is 2.93. The number of nitrogens with zero attached hydrogens (tertiary/aromatic N) is 4. The summed E-state index contributed by atoms with van der Waals surface area (Å²) in [7, 11) is 0. The van der Waals surface area contributed by atoms with Crippen molar-refractivity contribution in [1.29, 1.82) is 5.26 Å². The van der Waals surface area contributed by atoms with Crippen molar-refractivity contribution in [3.8, 4) is 6.07 Å². The quantitative estimate of drug-likeness (QED) is 0.446. The van der Waals surface area contributed by atoms with Crippen LogP contribution in [0.2, 0.25) is 0 Å². The average molecular weight is 538 g/mol. The van der Waals surface area contributed by atoms with Gasteiger partial charge in [-0.05, 0) is 42.8 Å². The number of ether oxygens (including phenoxy) is 1. The predicted molar refractivity (Wildman–Crippen MR) is 136 cm³/mol. The van der Waals surface area contributed by atoms with Gasteiger partial charge in [0.1, 0.15) is 5.92 Å². The summed E-state index contributed by atoms with van der Waals surface area (Å²) in [5.41, 5.74) is 0.00226. The molecule has 4 rings (SSSR count). The molecule has 0 saturated carbocycles. The molecule has 0 spiro atoms.